The molecule has 0 radical (unpaired) electrons. The molecule has 4 rings (SSSR count). The number of halogens is 1. The molecule has 32 heavy (non-hydrogen) atoms. The van der Waals surface area contributed by atoms with E-state index >= 15 is 0 Å². The predicted molar refractivity (Wildman–Crippen MR) is 138 cm³/mol. The van der Waals surface area contributed by atoms with Crippen LogP contribution in [0.15, 0.2) is 59.2 Å². The Morgan fingerprint density at radius 2 is 1.50 bits per heavy atom. The van der Waals surface area contributed by atoms with Crippen molar-refractivity contribution in [1.82, 2.24) is 14.6 Å². The number of fused-ring (bicyclic) bond motifs is 1. The van der Waals surface area contributed by atoms with E-state index in [2.05, 4.69) is 47.1 Å². The van der Waals surface area contributed by atoms with E-state index in [0.717, 1.165) is 50.0 Å². The van der Waals surface area contributed by atoms with Gasteiger partial charge >= 0.3 is 0 Å². The number of rotatable bonds is 12. The largest absolute Gasteiger partial charge is 0.494 e. The first-order chi connectivity index (χ1) is 15.7. The molecule has 0 spiro atoms. The van der Waals surface area contributed by atoms with Crippen molar-refractivity contribution in [2.75, 3.05) is 6.61 Å². The van der Waals surface area contributed by atoms with Gasteiger partial charge in [-0.05, 0) is 42.8 Å². The van der Waals surface area contributed by atoms with Crippen LogP contribution in [0.2, 0.25) is 0 Å². The minimum absolute atomic E-state index is 0.789. The third-order valence-corrected chi connectivity index (χ3v) is 7.05. The van der Waals surface area contributed by atoms with Crippen LogP contribution in [-0.4, -0.2) is 21.2 Å². The molecule has 0 aliphatic rings. The number of imidazole rings is 1. The Morgan fingerprint density at radius 1 is 0.844 bits per heavy atom. The third kappa shape index (κ3) is 6.20. The number of unbranched alkanes of at least 4 members (excludes halogenated alkanes) is 7. The highest BCUT2D eigenvalue weighted by molar-refractivity contribution is 9.10. The smallest absolute Gasteiger partial charge is 0.213 e. The molecule has 2 heterocycles. The zero-order valence-electron chi connectivity index (χ0n) is 18.6. The van der Waals surface area contributed by atoms with Crippen molar-refractivity contribution in [3.8, 4) is 27.6 Å². The van der Waals surface area contributed by atoms with Crippen molar-refractivity contribution in [1.29, 1.82) is 0 Å². The van der Waals surface area contributed by atoms with Crippen LogP contribution in [0.25, 0.3) is 26.8 Å². The number of benzene rings is 2. The summed E-state index contributed by atoms with van der Waals surface area (Å²) in [6.45, 7) is 3.05. The summed E-state index contributed by atoms with van der Waals surface area (Å²) in [5, 5.41) is 5.66. The van der Waals surface area contributed by atoms with E-state index < -0.39 is 0 Å². The Bertz CT molecular complexity index is 1070. The van der Waals surface area contributed by atoms with Crippen molar-refractivity contribution < 1.29 is 4.74 Å². The highest BCUT2D eigenvalue weighted by atomic mass is 79.9. The van der Waals surface area contributed by atoms with Gasteiger partial charge in [0, 0.05) is 15.6 Å². The van der Waals surface area contributed by atoms with Gasteiger partial charge in [-0.3, -0.25) is 0 Å². The molecule has 0 saturated carbocycles. The van der Waals surface area contributed by atoms with Crippen LogP contribution in [0.1, 0.15) is 58.3 Å². The first-order valence-corrected chi connectivity index (χ1v) is 13.2. The van der Waals surface area contributed by atoms with Gasteiger partial charge in [-0.1, -0.05) is 91.3 Å². The quantitative estimate of drug-likeness (QED) is 0.179. The van der Waals surface area contributed by atoms with Crippen LogP contribution in [-0.2, 0) is 0 Å². The fourth-order valence-electron chi connectivity index (χ4n) is 3.70. The van der Waals surface area contributed by atoms with E-state index in [1.807, 2.05) is 35.0 Å². The number of hydrogen-bond donors (Lipinski definition) is 0. The number of aromatic nitrogens is 3. The minimum atomic E-state index is 0.789. The highest BCUT2D eigenvalue weighted by Crippen LogP contribution is 2.29. The molecule has 0 amide bonds. The standard InChI is InChI=1S/C26H30BrN3OS/c1-2-3-4-5-6-7-8-9-18-31-23-16-12-20(13-17-23)24-19-30-26(28-24)32-25(29-30)21-10-14-22(27)15-11-21/h10-17,19H,2-9,18H2,1H3. The van der Waals surface area contributed by atoms with Gasteiger partial charge in [-0.25, -0.2) is 9.50 Å². The van der Waals surface area contributed by atoms with Crippen LogP contribution in [0, 0.1) is 0 Å². The molecule has 0 N–H and O–H groups in total. The molecule has 6 heteroatoms. The van der Waals surface area contributed by atoms with Crippen molar-refractivity contribution >= 4 is 32.2 Å². The van der Waals surface area contributed by atoms with Crippen molar-refractivity contribution in [2.45, 2.75) is 58.3 Å². The first kappa shape index (κ1) is 23.0. The molecule has 0 aliphatic heterocycles. The van der Waals surface area contributed by atoms with Gasteiger partial charge in [0.25, 0.3) is 0 Å². The highest BCUT2D eigenvalue weighted by Gasteiger charge is 2.11. The van der Waals surface area contributed by atoms with Gasteiger partial charge in [-0.2, -0.15) is 5.10 Å². The molecular weight excluding hydrogens is 482 g/mol. The average molecular weight is 513 g/mol. The predicted octanol–water partition coefficient (Wildman–Crippen LogP) is 8.41. The molecular formula is C26H30BrN3OS. The van der Waals surface area contributed by atoms with Gasteiger partial charge in [0.05, 0.1) is 18.5 Å². The molecule has 0 aliphatic carbocycles. The lowest BCUT2D eigenvalue weighted by Gasteiger charge is -2.07. The van der Waals surface area contributed by atoms with Crippen molar-refractivity contribution in [3.05, 3.63) is 59.2 Å². The summed E-state index contributed by atoms with van der Waals surface area (Å²) >= 11 is 5.07. The maximum Gasteiger partial charge on any atom is 0.213 e. The Balaban J connectivity index is 1.26. The average Bonchev–Trinajstić information content (AvgIpc) is 3.38. The summed E-state index contributed by atoms with van der Waals surface area (Å²) in [6.07, 6.45) is 12.5. The maximum absolute atomic E-state index is 5.92. The molecule has 2 aromatic carbocycles. The Labute approximate surface area is 202 Å². The monoisotopic (exact) mass is 511 g/mol. The summed E-state index contributed by atoms with van der Waals surface area (Å²) in [7, 11) is 0. The topological polar surface area (TPSA) is 39.4 Å². The van der Waals surface area contributed by atoms with Gasteiger partial charge in [0.15, 0.2) is 0 Å². The summed E-state index contributed by atoms with van der Waals surface area (Å²) < 4.78 is 8.85. The summed E-state index contributed by atoms with van der Waals surface area (Å²) in [6, 6.07) is 16.4. The van der Waals surface area contributed by atoms with Gasteiger partial charge < -0.3 is 4.74 Å². The van der Waals surface area contributed by atoms with Crippen LogP contribution < -0.4 is 4.74 Å². The molecule has 0 unspecified atom stereocenters. The fraction of sp³-hybridized carbons (Fsp3) is 0.385. The molecule has 2 aromatic heterocycles. The lowest BCUT2D eigenvalue weighted by atomic mass is 10.1. The van der Waals surface area contributed by atoms with E-state index in [4.69, 9.17) is 14.8 Å². The lowest BCUT2D eigenvalue weighted by Crippen LogP contribution is -1.97. The van der Waals surface area contributed by atoms with E-state index in [0.29, 0.717) is 0 Å². The number of ether oxygens (including phenoxy) is 1. The zero-order valence-corrected chi connectivity index (χ0v) is 21.0. The Kier molecular flexibility index (Phi) is 8.35. The molecule has 0 saturated heterocycles. The molecule has 0 bridgehead atoms. The van der Waals surface area contributed by atoms with E-state index in [1.165, 1.54) is 44.9 Å². The second-order valence-corrected chi connectivity index (χ2v) is 9.99. The molecule has 168 valence electrons. The first-order valence-electron chi connectivity index (χ1n) is 11.6. The van der Waals surface area contributed by atoms with Crippen LogP contribution in [0.3, 0.4) is 0 Å². The minimum Gasteiger partial charge on any atom is -0.494 e. The molecule has 4 aromatic rings. The van der Waals surface area contributed by atoms with Crippen LogP contribution >= 0.6 is 27.3 Å². The molecule has 0 atom stereocenters. The van der Waals surface area contributed by atoms with Crippen molar-refractivity contribution in [3.63, 3.8) is 0 Å². The van der Waals surface area contributed by atoms with Gasteiger partial charge in [0.1, 0.15) is 10.8 Å². The number of hydrogen-bond acceptors (Lipinski definition) is 4. The summed E-state index contributed by atoms with van der Waals surface area (Å²) in [5.41, 5.74) is 3.11. The third-order valence-electron chi connectivity index (χ3n) is 5.55. The van der Waals surface area contributed by atoms with Gasteiger partial charge in [-0.15, -0.1) is 0 Å². The van der Waals surface area contributed by atoms with Gasteiger partial charge in [0.2, 0.25) is 4.96 Å². The van der Waals surface area contributed by atoms with E-state index in [1.54, 1.807) is 11.3 Å². The molecule has 4 nitrogen and oxygen atoms in total. The van der Waals surface area contributed by atoms with Crippen molar-refractivity contribution in [2.24, 2.45) is 0 Å². The SMILES string of the molecule is CCCCCCCCCCOc1ccc(-c2cn3nc(-c4ccc(Br)cc4)sc3n2)cc1. The van der Waals surface area contributed by atoms with Crippen LogP contribution in [0.5, 0.6) is 5.75 Å². The molecule has 0 fully saturated rings. The second-order valence-electron chi connectivity index (χ2n) is 8.12. The Hall–Kier alpha value is -2.18. The van der Waals surface area contributed by atoms with E-state index in [-0.39, 0.29) is 0 Å². The summed E-state index contributed by atoms with van der Waals surface area (Å²) in [4.78, 5) is 5.66. The fourth-order valence-corrected chi connectivity index (χ4v) is 4.85. The number of nitrogens with zero attached hydrogens (tertiary/aromatic N) is 3. The van der Waals surface area contributed by atoms with Crippen LogP contribution in [0.4, 0.5) is 0 Å². The zero-order chi connectivity index (χ0) is 22.2. The summed E-state index contributed by atoms with van der Waals surface area (Å²) in [5.74, 6) is 0.924. The lowest BCUT2D eigenvalue weighted by molar-refractivity contribution is 0.304. The Morgan fingerprint density at radius 3 is 2.19 bits per heavy atom. The van der Waals surface area contributed by atoms with E-state index in [9.17, 15) is 0 Å². The second kappa shape index (κ2) is 11.6. The maximum atomic E-state index is 5.92. The normalized spacial score (nSPS) is 11.3.